The number of pyridine rings is 1. The molecule has 188 valence electrons. The molecule has 2 aliphatic rings. The molecular weight excluding hydrogens is 493 g/mol. The molecule has 1 aliphatic heterocycles. The zero-order valence-electron chi connectivity index (χ0n) is 19.4. The van der Waals surface area contributed by atoms with Gasteiger partial charge in [0.2, 0.25) is 5.91 Å². The molecule has 12 heteroatoms. The molecule has 3 N–H and O–H groups in total. The molecule has 36 heavy (non-hydrogen) atoms. The topological polar surface area (TPSA) is 148 Å². The number of amides is 2. The van der Waals surface area contributed by atoms with E-state index < -0.39 is 23.7 Å². The van der Waals surface area contributed by atoms with Crippen molar-refractivity contribution in [3.63, 3.8) is 0 Å². The Bertz CT molecular complexity index is 1410. The lowest BCUT2D eigenvalue weighted by Gasteiger charge is -2.24. The molecule has 0 spiro atoms. The fraction of sp³-hybridized carbons (Fsp3) is 0.333. The number of carboxylic acid groups (broad SMARTS) is 1. The van der Waals surface area contributed by atoms with E-state index in [1.807, 2.05) is 6.92 Å². The molecule has 2 amide bonds. The number of ketones is 1. The summed E-state index contributed by atoms with van der Waals surface area (Å²) in [6, 6.07) is 5.12. The van der Waals surface area contributed by atoms with E-state index in [2.05, 4.69) is 10.1 Å². The van der Waals surface area contributed by atoms with Gasteiger partial charge in [0.05, 0.1) is 22.3 Å². The highest BCUT2D eigenvalue weighted by Gasteiger charge is 2.57. The summed E-state index contributed by atoms with van der Waals surface area (Å²) in [7, 11) is 0. The lowest BCUT2D eigenvalue weighted by molar-refractivity contribution is -0.149. The number of piperidine rings is 1. The van der Waals surface area contributed by atoms with E-state index in [0.717, 1.165) is 12.1 Å². The van der Waals surface area contributed by atoms with Crippen LogP contribution in [0.3, 0.4) is 0 Å². The molecule has 0 radical (unpaired) electrons. The number of Topliss-reactive ketones (excluding diaryl/α,β-unsaturated/α-hetero) is 1. The van der Waals surface area contributed by atoms with Gasteiger partial charge in [0.15, 0.2) is 11.6 Å². The minimum Gasteiger partial charge on any atom is -0.480 e. The second-order valence-corrected chi connectivity index (χ2v) is 9.27. The number of carbonyl (C=O) groups excluding carboxylic acids is 3. The summed E-state index contributed by atoms with van der Waals surface area (Å²) in [4.78, 5) is 52.2. The molecule has 1 saturated carbocycles. The number of hydrogen-bond acceptors (Lipinski definition) is 6. The maximum Gasteiger partial charge on any atom is 0.326 e. The van der Waals surface area contributed by atoms with Gasteiger partial charge in [-0.2, -0.15) is 5.10 Å². The van der Waals surface area contributed by atoms with Crippen LogP contribution in [-0.2, 0) is 16.1 Å². The van der Waals surface area contributed by atoms with Crippen LogP contribution in [0.25, 0.3) is 10.9 Å². The molecule has 3 aromatic rings. The van der Waals surface area contributed by atoms with Gasteiger partial charge in [0.1, 0.15) is 18.3 Å². The molecule has 0 unspecified atom stereocenters. The first kappa shape index (κ1) is 25.2. The van der Waals surface area contributed by atoms with E-state index in [-0.39, 0.29) is 34.7 Å². The molecule has 0 bridgehead atoms. The number of aromatic nitrogens is 3. The van der Waals surface area contributed by atoms with Crippen LogP contribution < -0.4 is 5.73 Å². The lowest BCUT2D eigenvalue weighted by atomic mass is 10.2. The molecular formula is C24H23ClFN5O5. The summed E-state index contributed by atoms with van der Waals surface area (Å²) >= 11 is 5.38. The normalized spacial score (nSPS) is 19.9. The quantitative estimate of drug-likeness (QED) is 0.496. The van der Waals surface area contributed by atoms with E-state index >= 15 is 0 Å². The third-order valence-corrected chi connectivity index (χ3v) is 6.62. The number of benzene rings is 1. The maximum atomic E-state index is 12.8. The first-order valence-corrected chi connectivity index (χ1v) is 11.5. The molecule has 2 fully saturated rings. The Labute approximate surface area is 209 Å². The molecule has 1 aliphatic carbocycles. The van der Waals surface area contributed by atoms with Crippen molar-refractivity contribution >= 4 is 46.1 Å². The Balaban J connectivity index is 0.000000233. The number of aryl methyl sites for hydroxylation is 1. The lowest BCUT2D eigenvalue weighted by Crippen LogP contribution is -2.44. The van der Waals surface area contributed by atoms with Gasteiger partial charge in [-0.25, -0.2) is 9.18 Å². The zero-order valence-corrected chi connectivity index (χ0v) is 20.2. The molecule has 10 nitrogen and oxygen atoms in total. The molecule has 1 saturated heterocycles. The number of likely N-dealkylation sites (tertiary alicyclic amines) is 1. The van der Waals surface area contributed by atoms with Gasteiger partial charge in [-0.1, -0.05) is 17.7 Å². The van der Waals surface area contributed by atoms with Crippen LogP contribution in [0.1, 0.15) is 39.9 Å². The van der Waals surface area contributed by atoms with E-state index in [0.29, 0.717) is 29.1 Å². The summed E-state index contributed by atoms with van der Waals surface area (Å²) in [5.74, 6) is -2.63. The van der Waals surface area contributed by atoms with Crippen molar-refractivity contribution in [1.29, 1.82) is 0 Å². The van der Waals surface area contributed by atoms with Gasteiger partial charge in [-0.05, 0) is 43.4 Å². The average Bonchev–Trinajstić information content (AvgIpc) is 3.31. The largest absolute Gasteiger partial charge is 0.480 e. The number of fused-ring (bicyclic) bond motifs is 2. The van der Waals surface area contributed by atoms with Crippen molar-refractivity contribution in [2.24, 2.45) is 17.6 Å². The first-order chi connectivity index (χ1) is 17.0. The van der Waals surface area contributed by atoms with Crippen LogP contribution in [-0.4, -0.2) is 60.9 Å². The van der Waals surface area contributed by atoms with Crippen molar-refractivity contribution in [3.05, 3.63) is 58.3 Å². The SMILES string of the molecule is CC(=O)c1nn(CC(=O)N2C[C@@H]3C[C@@H]3[C@H]2C(=O)O)c2cnc(C)cc12.NC(=O)c1cccc(Cl)c1F. The summed E-state index contributed by atoms with van der Waals surface area (Å²) in [5, 5.41) is 14.2. The van der Waals surface area contributed by atoms with Gasteiger partial charge < -0.3 is 15.7 Å². The Morgan fingerprint density at radius 3 is 2.61 bits per heavy atom. The van der Waals surface area contributed by atoms with E-state index in [4.69, 9.17) is 17.3 Å². The van der Waals surface area contributed by atoms with Gasteiger partial charge in [0.25, 0.3) is 5.91 Å². The van der Waals surface area contributed by atoms with Crippen LogP contribution >= 0.6 is 11.6 Å². The van der Waals surface area contributed by atoms with Crippen LogP contribution in [0.4, 0.5) is 4.39 Å². The maximum absolute atomic E-state index is 12.8. The zero-order chi connectivity index (χ0) is 26.3. The first-order valence-electron chi connectivity index (χ1n) is 11.1. The predicted molar refractivity (Wildman–Crippen MR) is 127 cm³/mol. The van der Waals surface area contributed by atoms with Crippen molar-refractivity contribution in [1.82, 2.24) is 19.7 Å². The fourth-order valence-electron chi connectivity index (χ4n) is 4.51. The van der Waals surface area contributed by atoms with Gasteiger partial charge in [-0.3, -0.25) is 24.0 Å². The number of nitrogens with two attached hydrogens (primary N) is 1. The number of carboxylic acids is 1. The van der Waals surface area contributed by atoms with Crippen LogP contribution in [0.15, 0.2) is 30.5 Å². The third-order valence-electron chi connectivity index (χ3n) is 6.33. The second-order valence-electron chi connectivity index (χ2n) is 8.86. The number of halogens is 2. The van der Waals surface area contributed by atoms with E-state index in [1.165, 1.54) is 34.7 Å². The number of aliphatic carboxylic acids is 1. The van der Waals surface area contributed by atoms with Crippen molar-refractivity contribution in [2.45, 2.75) is 32.9 Å². The van der Waals surface area contributed by atoms with Crippen LogP contribution in [0.2, 0.25) is 5.02 Å². The summed E-state index contributed by atoms with van der Waals surface area (Å²) in [6.07, 6.45) is 2.47. The van der Waals surface area contributed by atoms with Crippen molar-refractivity contribution in [2.75, 3.05) is 6.54 Å². The fourth-order valence-corrected chi connectivity index (χ4v) is 4.68. The van der Waals surface area contributed by atoms with Crippen molar-refractivity contribution in [3.8, 4) is 0 Å². The average molecular weight is 516 g/mol. The molecule has 2 aromatic heterocycles. The minimum atomic E-state index is -0.953. The smallest absolute Gasteiger partial charge is 0.326 e. The van der Waals surface area contributed by atoms with Gasteiger partial charge in [-0.15, -0.1) is 0 Å². The van der Waals surface area contributed by atoms with Crippen LogP contribution in [0.5, 0.6) is 0 Å². The highest BCUT2D eigenvalue weighted by Crippen LogP contribution is 2.49. The molecule has 3 atom stereocenters. The number of hydrogen-bond donors (Lipinski definition) is 2. The highest BCUT2D eigenvalue weighted by molar-refractivity contribution is 6.31. The molecule has 5 rings (SSSR count). The Hall–Kier alpha value is -3.86. The molecule has 1 aromatic carbocycles. The number of nitrogens with zero attached hydrogens (tertiary/aromatic N) is 4. The van der Waals surface area contributed by atoms with E-state index in [9.17, 15) is 28.7 Å². The summed E-state index contributed by atoms with van der Waals surface area (Å²) < 4.78 is 14.3. The Kier molecular flexibility index (Phi) is 6.77. The van der Waals surface area contributed by atoms with Crippen LogP contribution in [0, 0.1) is 24.6 Å². The number of carbonyl (C=O) groups is 4. The minimum absolute atomic E-state index is 0.0768. The summed E-state index contributed by atoms with van der Waals surface area (Å²) in [5.41, 5.74) is 6.32. The predicted octanol–water partition coefficient (Wildman–Crippen LogP) is 2.45. The Morgan fingerprint density at radius 2 is 2.00 bits per heavy atom. The molecule has 3 heterocycles. The number of rotatable bonds is 5. The highest BCUT2D eigenvalue weighted by atomic mass is 35.5. The van der Waals surface area contributed by atoms with Gasteiger partial charge >= 0.3 is 5.97 Å². The van der Waals surface area contributed by atoms with E-state index in [1.54, 1.807) is 12.3 Å². The standard InChI is InChI=1S/C17H18N4O4.C7H5ClFNO/c1-8-3-12-13(5-18-8)21(19-15(12)9(2)22)7-14(23)20-6-10-4-11(10)16(20)17(24)25;8-5-3-1-2-4(6(5)9)7(10)11/h3,5,10-11,16H,4,6-7H2,1-2H3,(H,24,25);1-3H,(H2,10,11)/t10-,11-,16-;/m0./s1. The number of primary amides is 1. The van der Waals surface area contributed by atoms with Gasteiger partial charge in [0, 0.05) is 24.5 Å². The monoisotopic (exact) mass is 515 g/mol. The van der Waals surface area contributed by atoms with Crippen molar-refractivity contribution < 1.29 is 28.7 Å². The third kappa shape index (κ3) is 4.78. The second kappa shape index (κ2) is 9.65. The Morgan fingerprint density at radius 1 is 1.28 bits per heavy atom. The summed E-state index contributed by atoms with van der Waals surface area (Å²) in [6.45, 7) is 3.63.